The lowest BCUT2D eigenvalue weighted by Crippen LogP contribution is -2.39. The van der Waals surface area contributed by atoms with E-state index in [1.807, 2.05) is 11.8 Å². The van der Waals surface area contributed by atoms with E-state index in [4.69, 9.17) is 0 Å². The van der Waals surface area contributed by atoms with Crippen LogP contribution < -0.4 is 10.6 Å². The molecule has 0 radical (unpaired) electrons. The van der Waals surface area contributed by atoms with Gasteiger partial charge in [-0.05, 0) is 6.26 Å². The normalized spacial score (nSPS) is 11.3. The number of halogens is 1. The van der Waals surface area contributed by atoms with Crippen molar-refractivity contribution in [3.63, 3.8) is 0 Å². The van der Waals surface area contributed by atoms with E-state index in [-0.39, 0.29) is 24.0 Å². The fraction of sp³-hybridized carbons (Fsp3) is 0.692. The van der Waals surface area contributed by atoms with Gasteiger partial charge in [0.2, 0.25) is 0 Å². The van der Waals surface area contributed by atoms with Gasteiger partial charge in [-0.2, -0.15) is 11.8 Å². The third-order valence-electron chi connectivity index (χ3n) is 2.56. The maximum absolute atomic E-state index is 4.62. The highest BCUT2D eigenvalue weighted by Crippen LogP contribution is 2.19. The highest BCUT2D eigenvalue weighted by atomic mass is 127. The number of thiazole rings is 1. The number of nitrogens with zero attached hydrogens (tertiary/aromatic N) is 2. The van der Waals surface area contributed by atoms with Gasteiger partial charge in [-0.1, -0.05) is 13.8 Å². The molecule has 7 heteroatoms. The Morgan fingerprint density at radius 1 is 1.40 bits per heavy atom. The van der Waals surface area contributed by atoms with Crippen molar-refractivity contribution >= 4 is 53.0 Å². The summed E-state index contributed by atoms with van der Waals surface area (Å²) in [7, 11) is 1.80. The van der Waals surface area contributed by atoms with Crippen molar-refractivity contribution in [3.8, 4) is 0 Å². The van der Waals surface area contributed by atoms with E-state index in [0.29, 0.717) is 5.92 Å². The zero-order valence-corrected chi connectivity index (χ0v) is 16.6. The Hall–Kier alpha value is -0.0200. The molecule has 0 aliphatic heterocycles. The standard InChI is InChI=1S/C13H24N4S2.HI/c1-10(2)12-17-11(9-19-12)5-6-15-13(14-3)16-7-8-18-4;/h9-10H,5-8H2,1-4H3,(H2,14,15,16);1H. The van der Waals surface area contributed by atoms with Crippen LogP contribution in [0.1, 0.15) is 30.5 Å². The molecule has 0 aliphatic rings. The molecule has 0 saturated heterocycles. The maximum atomic E-state index is 4.62. The minimum Gasteiger partial charge on any atom is -0.356 e. The van der Waals surface area contributed by atoms with Crippen LogP contribution in [0.5, 0.6) is 0 Å². The third kappa shape index (κ3) is 7.68. The van der Waals surface area contributed by atoms with Gasteiger partial charge in [0.25, 0.3) is 0 Å². The summed E-state index contributed by atoms with van der Waals surface area (Å²) in [6.07, 6.45) is 3.04. The van der Waals surface area contributed by atoms with Crippen LogP contribution in [0, 0.1) is 0 Å². The maximum Gasteiger partial charge on any atom is 0.191 e. The van der Waals surface area contributed by atoms with Crippen molar-refractivity contribution in [1.29, 1.82) is 0 Å². The molecule has 1 aromatic heterocycles. The van der Waals surface area contributed by atoms with Gasteiger partial charge in [-0.3, -0.25) is 4.99 Å². The lowest BCUT2D eigenvalue weighted by Gasteiger charge is -2.10. The summed E-state index contributed by atoms with van der Waals surface area (Å²) in [6.45, 7) is 6.16. The van der Waals surface area contributed by atoms with E-state index in [1.54, 1.807) is 18.4 Å². The first kappa shape index (κ1) is 20.0. The summed E-state index contributed by atoms with van der Waals surface area (Å²) < 4.78 is 0. The lowest BCUT2D eigenvalue weighted by atomic mass is 10.2. The fourth-order valence-electron chi connectivity index (χ4n) is 1.50. The molecule has 0 atom stereocenters. The van der Waals surface area contributed by atoms with Gasteiger partial charge in [0.15, 0.2) is 5.96 Å². The van der Waals surface area contributed by atoms with Crippen LogP contribution in [0.3, 0.4) is 0 Å². The number of rotatable bonds is 7. The molecule has 0 spiro atoms. The van der Waals surface area contributed by atoms with Gasteiger partial charge in [-0.25, -0.2) is 4.98 Å². The molecule has 0 unspecified atom stereocenters. The summed E-state index contributed by atoms with van der Waals surface area (Å²) in [6, 6.07) is 0. The third-order valence-corrected chi connectivity index (χ3v) is 4.37. The largest absolute Gasteiger partial charge is 0.356 e. The molecule has 0 fully saturated rings. The number of hydrogen-bond acceptors (Lipinski definition) is 4. The summed E-state index contributed by atoms with van der Waals surface area (Å²) >= 11 is 3.58. The van der Waals surface area contributed by atoms with Crippen molar-refractivity contribution in [3.05, 3.63) is 16.1 Å². The van der Waals surface area contributed by atoms with Crippen LogP contribution in [-0.2, 0) is 6.42 Å². The molecule has 0 amide bonds. The molecule has 0 aromatic carbocycles. The lowest BCUT2D eigenvalue weighted by molar-refractivity contribution is 0.787. The monoisotopic (exact) mass is 428 g/mol. The summed E-state index contributed by atoms with van der Waals surface area (Å²) in [4.78, 5) is 8.81. The highest BCUT2D eigenvalue weighted by Gasteiger charge is 2.05. The second-order valence-corrected chi connectivity index (χ2v) is 6.38. The number of thioether (sulfide) groups is 1. The number of nitrogens with one attached hydrogen (secondary N) is 2. The Bertz CT molecular complexity index is 393. The Labute approximate surface area is 147 Å². The van der Waals surface area contributed by atoms with E-state index >= 15 is 0 Å². The van der Waals surface area contributed by atoms with E-state index < -0.39 is 0 Å². The Balaban J connectivity index is 0.00000361. The number of aromatic nitrogens is 1. The molecule has 2 N–H and O–H groups in total. The molecule has 0 saturated carbocycles. The second-order valence-electron chi connectivity index (χ2n) is 4.50. The molecule has 1 aromatic rings. The van der Waals surface area contributed by atoms with Gasteiger partial charge in [0.1, 0.15) is 0 Å². The van der Waals surface area contributed by atoms with Crippen molar-refractivity contribution in [2.75, 3.05) is 32.1 Å². The van der Waals surface area contributed by atoms with Gasteiger partial charge < -0.3 is 10.6 Å². The zero-order valence-electron chi connectivity index (χ0n) is 12.6. The molecule has 0 bridgehead atoms. The molecular weight excluding hydrogens is 403 g/mol. The predicted molar refractivity (Wildman–Crippen MR) is 103 cm³/mol. The first-order chi connectivity index (χ1) is 9.17. The van der Waals surface area contributed by atoms with E-state index in [0.717, 1.165) is 31.2 Å². The predicted octanol–water partition coefficient (Wildman–Crippen LogP) is 2.96. The zero-order chi connectivity index (χ0) is 14.1. The van der Waals surface area contributed by atoms with Crippen LogP contribution >= 0.6 is 47.1 Å². The Morgan fingerprint density at radius 2 is 2.10 bits per heavy atom. The highest BCUT2D eigenvalue weighted by molar-refractivity contribution is 14.0. The molecule has 0 aliphatic carbocycles. The van der Waals surface area contributed by atoms with Gasteiger partial charge in [0.05, 0.1) is 10.7 Å². The van der Waals surface area contributed by atoms with Crippen molar-refractivity contribution in [2.45, 2.75) is 26.2 Å². The van der Waals surface area contributed by atoms with Gasteiger partial charge in [0, 0.05) is 43.6 Å². The molecule has 116 valence electrons. The molecule has 4 nitrogen and oxygen atoms in total. The first-order valence-electron chi connectivity index (χ1n) is 6.55. The fourth-order valence-corrected chi connectivity index (χ4v) is 2.68. The molecule has 1 rings (SSSR count). The molecule has 1 heterocycles. The van der Waals surface area contributed by atoms with Crippen LogP contribution in [0.2, 0.25) is 0 Å². The average molecular weight is 428 g/mol. The second kappa shape index (κ2) is 11.6. The van der Waals surface area contributed by atoms with Crippen molar-refractivity contribution < 1.29 is 0 Å². The van der Waals surface area contributed by atoms with Crippen LogP contribution in [0.15, 0.2) is 10.4 Å². The molecule has 20 heavy (non-hydrogen) atoms. The van der Waals surface area contributed by atoms with Gasteiger partial charge >= 0.3 is 0 Å². The molecular formula is C13H25IN4S2. The van der Waals surface area contributed by atoms with E-state index in [9.17, 15) is 0 Å². The summed E-state index contributed by atoms with van der Waals surface area (Å²) in [5.74, 6) is 2.48. The van der Waals surface area contributed by atoms with E-state index in [2.05, 4.69) is 46.1 Å². The quantitative estimate of drug-likeness (QED) is 0.304. The minimum absolute atomic E-state index is 0. The summed E-state index contributed by atoms with van der Waals surface area (Å²) in [5, 5.41) is 9.96. The summed E-state index contributed by atoms with van der Waals surface area (Å²) in [5.41, 5.74) is 1.17. The van der Waals surface area contributed by atoms with Crippen molar-refractivity contribution in [2.24, 2.45) is 4.99 Å². The van der Waals surface area contributed by atoms with Crippen LogP contribution in [-0.4, -0.2) is 43.1 Å². The van der Waals surface area contributed by atoms with Crippen molar-refractivity contribution in [1.82, 2.24) is 15.6 Å². The number of aliphatic imine (C=N–C) groups is 1. The Kier molecular flexibility index (Phi) is 11.6. The van der Waals surface area contributed by atoms with Crippen LogP contribution in [0.25, 0.3) is 0 Å². The first-order valence-corrected chi connectivity index (χ1v) is 8.82. The SMILES string of the molecule is CN=C(NCCSC)NCCc1csc(C(C)C)n1.I. The smallest absolute Gasteiger partial charge is 0.191 e. The minimum atomic E-state index is 0. The van der Waals surface area contributed by atoms with E-state index in [1.165, 1.54) is 10.7 Å². The number of hydrogen-bond donors (Lipinski definition) is 2. The number of guanidine groups is 1. The average Bonchev–Trinajstić information content (AvgIpc) is 2.86. The van der Waals surface area contributed by atoms with Crippen LogP contribution in [0.4, 0.5) is 0 Å². The Morgan fingerprint density at radius 3 is 2.65 bits per heavy atom. The van der Waals surface area contributed by atoms with Gasteiger partial charge in [-0.15, -0.1) is 35.3 Å². The topological polar surface area (TPSA) is 49.3 Å².